The second-order valence-electron chi connectivity index (χ2n) is 7.66. The standard InChI is InChI=1S/C26H33N3O5/c1-34-24-19-21(7-12-23(24)31)8-13-25(32)28-16-2-3-17-29(18-4-15-27)26(33)14-9-20-5-10-22(30)11-6-20/h5-14,19,30-31H,2-4,15-18,27H2,1H3,(H,28,32). The number of unbranched alkanes of at least 4 members (excludes halogenated alkanes) is 1. The molecule has 34 heavy (non-hydrogen) atoms. The van der Waals surface area contributed by atoms with Gasteiger partial charge < -0.3 is 30.9 Å². The smallest absolute Gasteiger partial charge is 0.246 e. The van der Waals surface area contributed by atoms with Gasteiger partial charge in [-0.1, -0.05) is 18.2 Å². The summed E-state index contributed by atoms with van der Waals surface area (Å²) in [5, 5.41) is 21.8. The number of phenols is 2. The molecule has 0 aliphatic heterocycles. The van der Waals surface area contributed by atoms with Gasteiger partial charge in [0, 0.05) is 31.8 Å². The number of aromatic hydroxyl groups is 2. The molecule has 8 heteroatoms. The average molecular weight is 468 g/mol. The van der Waals surface area contributed by atoms with Crippen LogP contribution >= 0.6 is 0 Å². The van der Waals surface area contributed by atoms with Gasteiger partial charge in [-0.15, -0.1) is 0 Å². The number of nitrogens with one attached hydrogen (secondary N) is 1. The highest BCUT2D eigenvalue weighted by Gasteiger charge is 2.10. The fourth-order valence-electron chi connectivity index (χ4n) is 3.14. The minimum atomic E-state index is -0.222. The minimum Gasteiger partial charge on any atom is -0.508 e. The highest BCUT2D eigenvalue weighted by atomic mass is 16.5. The summed E-state index contributed by atoms with van der Waals surface area (Å²) in [4.78, 5) is 26.4. The van der Waals surface area contributed by atoms with E-state index in [4.69, 9.17) is 10.5 Å². The Morgan fingerprint density at radius 3 is 2.35 bits per heavy atom. The molecule has 0 saturated carbocycles. The maximum Gasteiger partial charge on any atom is 0.246 e. The molecule has 8 nitrogen and oxygen atoms in total. The number of hydrogen-bond donors (Lipinski definition) is 4. The van der Waals surface area contributed by atoms with E-state index >= 15 is 0 Å². The summed E-state index contributed by atoms with van der Waals surface area (Å²) in [6.07, 6.45) is 8.48. The summed E-state index contributed by atoms with van der Waals surface area (Å²) in [6.45, 7) is 2.13. The second kappa shape index (κ2) is 14.4. The molecule has 0 radical (unpaired) electrons. The van der Waals surface area contributed by atoms with Gasteiger partial charge in [-0.2, -0.15) is 0 Å². The van der Waals surface area contributed by atoms with Crippen molar-refractivity contribution in [3.8, 4) is 17.2 Å². The van der Waals surface area contributed by atoms with Crippen LogP contribution in [-0.4, -0.2) is 60.2 Å². The number of nitrogens with zero attached hydrogens (tertiary/aromatic N) is 1. The lowest BCUT2D eigenvalue weighted by atomic mass is 10.2. The molecular formula is C26H33N3O5. The van der Waals surface area contributed by atoms with Crippen LogP contribution in [0.2, 0.25) is 0 Å². The van der Waals surface area contributed by atoms with E-state index in [2.05, 4.69) is 5.32 Å². The number of nitrogens with two attached hydrogens (primary N) is 1. The molecule has 0 saturated heterocycles. The SMILES string of the molecule is COc1cc(C=CC(=O)NCCCCN(CCCN)C(=O)C=Cc2ccc(O)cc2)ccc1O. The lowest BCUT2D eigenvalue weighted by molar-refractivity contribution is -0.126. The quantitative estimate of drug-likeness (QED) is 0.265. The molecule has 2 amide bonds. The maximum absolute atomic E-state index is 12.6. The summed E-state index contributed by atoms with van der Waals surface area (Å²) >= 11 is 0. The van der Waals surface area contributed by atoms with E-state index in [0.29, 0.717) is 38.3 Å². The Morgan fingerprint density at radius 2 is 1.65 bits per heavy atom. The molecule has 0 aliphatic carbocycles. The summed E-state index contributed by atoms with van der Waals surface area (Å²) in [5.74, 6) is 0.238. The zero-order chi connectivity index (χ0) is 24.8. The fraction of sp³-hybridized carbons (Fsp3) is 0.308. The Balaban J connectivity index is 1.76. The first kappa shape index (κ1) is 26.5. The number of ether oxygens (including phenoxy) is 1. The van der Waals surface area contributed by atoms with Crippen molar-refractivity contribution in [2.24, 2.45) is 5.73 Å². The number of methoxy groups -OCH3 is 1. The van der Waals surface area contributed by atoms with Gasteiger partial charge in [0.05, 0.1) is 7.11 Å². The van der Waals surface area contributed by atoms with Crippen molar-refractivity contribution in [1.29, 1.82) is 0 Å². The number of rotatable bonds is 13. The predicted octanol–water partition coefficient (Wildman–Crippen LogP) is 2.91. The van der Waals surface area contributed by atoms with E-state index < -0.39 is 0 Å². The Labute approximate surface area is 200 Å². The molecule has 0 fully saturated rings. The summed E-state index contributed by atoms with van der Waals surface area (Å²) in [6, 6.07) is 11.4. The van der Waals surface area contributed by atoms with Crippen molar-refractivity contribution in [3.05, 3.63) is 65.7 Å². The van der Waals surface area contributed by atoms with Crippen LogP contribution in [0.3, 0.4) is 0 Å². The Morgan fingerprint density at radius 1 is 0.971 bits per heavy atom. The third-order valence-corrected chi connectivity index (χ3v) is 5.04. The van der Waals surface area contributed by atoms with Gasteiger partial charge in [0.25, 0.3) is 0 Å². The topological polar surface area (TPSA) is 125 Å². The van der Waals surface area contributed by atoms with Gasteiger partial charge in [0.1, 0.15) is 5.75 Å². The first-order valence-corrected chi connectivity index (χ1v) is 11.2. The van der Waals surface area contributed by atoms with Crippen LogP contribution < -0.4 is 15.8 Å². The predicted molar refractivity (Wildman–Crippen MR) is 133 cm³/mol. The molecule has 5 N–H and O–H groups in total. The van der Waals surface area contributed by atoms with Crippen molar-refractivity contribution in [2.45, 2.75) is 19.3 Å². The van der Waals surface area contributed by atoms with Crippen molar-refractivity contribution in [2.75, 3.05) is 33.3 Å². The molecule has 0 unspecified atom stereocenters. The number of carbonyl (C=O) groups excluding carboxylic acids is 2. The van der Waals surface area contributed by atoms with Gasteiger partial charge in [0.2, 0.25) is 11.8 Å². The van der Waals surface area contributed by atoms with Gasteiger partial charge >= 0.3 is 0 Å². The fourth-order valence-corrected chi connectivity index (χ4v) is 3.14. The molecular weight excluding hydrogens is 434 g/mol. The molecule has 182 valence electrons. The Bertz CT molecular complexity index is 986. The first-order valence-electron chi connectivity index (χ1n) is 11.2. The van der Waals surface area contributed by atoms with Crippen LogP contribution in [-0.2, 0) is 9.59 Å². The molecule has 0 atom stereocenters. The van der Waals surface area contributed by atoms with E-state index in [1.165, 1.54) is 25.3 Å². The second-order valence-corrected chi connectivity index (χ2v) is 7.66. The first-order chi connectivity index (χ1) is 16.4. The zero-order valence-electron chi connectivity index (χ0n) is 19.4. The molecule has 0 spiro atoms. The van der Waals surface area contributed by atoms with Crippen LogP contribution in [0.5, 0.6) is 17.2 Å². The van der Waals surface area contributed by atoms with Gasteiger partial charge in [0.15, 0.2) is 11.5 Å². The van der Waals surface area contributed by atoms with Gasteiger partial charge in [-0.25, -0.2) is 0 Å². The number of benzene rings is 2. The van der Waals surface area contributed by atoms with Crippen molar-refractivity contribution in [3.63, 3.8) is 0 Å². The molecule has 0 aliphatic rings. The van der Waals surface area contributed by atoms with Crippen molar-refractivity contribution < 1.29 is 24.5 Å². The van der Waals surface area contributed by atoms with Crippen LogP contribution in [0, 0.1) is 0 Å². The van der Waals surface area contributed by atoms with Crippen LogP contribution in [0.1, 0.15) is 30.4 Å². The van der Waals surface area contributed by atoms with Crippen molar-refractivity contribution >= 4 is 24.0 Å². The average Bonchev–Trinajstić information content (AvgIpc) is 2.84. The zero-order valence-corrected chi connectivity index (χ0v) is 19.4. The number of carbonyl (C=O) groups is 2. The maximum atomic E-state index is 12.6. The van der Waals surface area contributed by atoms with Crippen molar-refractivity contribution in [1.82, 2.24) is 10.2 Å². The van der Waals surface area contributed by atoms with E-state index in [9.17, 15) is 19.8 Å². The summed E-state index contributed by atoms with van der Waals surface area (Å²) in [7, 11) is 1.46. The molecule has 2 aromatic carbocycles. The van der Waals surface area contributed by atoms with Gasteiger partial charge in [-0.05, 0) is 73.4 Å². The Kier molecular flexibility index (Phi) is 11.2. The van der Waals surface area contributed by atoms with Crippen LogP contribution in [0.15, 0.2) is 54.6 Å². The highest BCUT2D eigenvalue weighted by Crippen LogP contribution is 2.26. The third-order valence-electron chi connectivity index (χ3n) is 5.04. The molecule has 0 heterocycles. The van der Waals surface area contributed by atoms with Gasteiger partial charge in [-0.3, -0.25) is 9.59 Å². The minimum absolute atomic E-state index is 0.0407. The Hall–Kier alpha value is -3.78. The van der Waals surface area contributed by atoms with E-state index in [0.717, 1.165) is 24.0 Å². The number of phenolic OH excluding ortho intramolecular Hbond substituents is 2. The van der Waals surface area contributed by atoms with E-state index in [1.54, 1.807) is 53.5 Å². The number of amides is 2. The largest absolute Gasteiger partial charge is 0.508 e. The lowest BCUT2D eigenvalue weighted by Crippen LogP contribution is -2.33. The molecule has 0 aromatic heterocycles. The normalized spacial score (nSPS) is 11.1. The highest BCUT2D eigenvalue weighted by molar-refractivity contribution is 5.92. The van der Waals surface area contributed by atoms with E-state index in [1.807, 2.05) is 0 Å². The number of hydrogen-bond acceptors (Lipinski definition) is 6. The monoisotopic (exact) mass is 467 g/mol. The summed E-state index contributed by atoms with van der Waals surface area (Å²) < 4.78 is 5.05. The van der Waals surface area contributed by atoms with Crippen LogP contribution in [0.4, 0.5) is 0 Å². The molecule has 2 aromatic rings. The summed E-state index contributed by atoms with van der Waals surface area (Å²) in [5.41, 5.74) is 7.17. The van der Waals surface area contributed by atoms with E-state index in [-0.39, 0.29) is 23.3 Å². The molecule has 2 rings (SSSR count). The third kappa shape index (κ3) is 9.38. The molecule has 0 bridgehead atoms. The van der Waals surface area contributed by atoms with Crippen LogP contribution in [0.25, 0.3) is 12.2 Å². The lowest BCUT2D eigenvalue weighted by Gasteiger charge is -2.21.